The molecule has 0 aliphatic heterocycles. The number of amides is 1. The van der Waals surface area contributed by atoms with Crippen molar-refractivity contribution < 1.29 is 32.9 Å². The molecule has 3 unspecified atom stereocenters. The Kier molecular flexibility index (Phi) is 67.5. The first kappa shape index (κ1) is 84.5. The molecule has 0 aliphatic rings. The maximum Gasteiger partial charge on any atom is 0.268 e. The summed E-state index contributed by atoms with van der Waals surface area (Å²) >= 11 is 0. The summed E-state index contributed by atoms with van der Waals surface area (Å²) in [7, 11) is 1.33. The van der Waals surface area contributed by atoms with E-state index in [9.17, 15) is 19.4 Å². The van der Waals surface area contributed by atoms with E-state index in [0.29, 0.717) is 23.9 Å². The van der Waals surface area contributed by atoms with Gasteiger partial charge in [0.05, 0.1) is 39.9 Å². The van der Waals surface area contributed by atoms with E-state index in [2.05, 4.69) is 19.2 Å². The highest BCUT2D eigenvalue weighted by Gasteiger charge is 2.24. The van der Waals surface area contributed by atoms with Crippen molar-refractivity contribution in [2.24, 2.45) is 0 Å². The fourth-order valence-corrected chi connectivity index (χ4v) is 13.3. The molecule has 0 spiro atoms. The van der Waals surface area contributed by atoms with E-state index < -0.39 is 20.0 Å². The lowest BCUT2D eigenvalue weighted by Crippen LogP contribution is -2.46. The van der Waals surface area contributed by atoms with Crippen LogP contribution in [0.2, 0.25) is 0 Å². The summed E-state index contributed by atoms with van der Waals surface area (Å²) in [5, 5.41) is 14.1. The van der Waals surface area contributed by atoms with E-state index in [1.54, 1.807) is 0 Å². The smallest absolute Gasteiger partial charge is 0.268 e. The number of hydrogen-bond donors (Lipinski definition) is 2. The predicted molar refractivity (Wildman–Crippen MR) is 372 cm³/mol. The number of likely N-dealkylation sites (N-methyl/N-ethyl adjacent to an activating group) is 1. The zero-order valence-corrected chi connectivity index (χ0v) is 59.5. The second kappa shape index (κ2) is 67.9. The lowest BCUT2D eigenvalue weighted by Gasteiger charge is -2.30. The van der Waals surface area contributed by atoms with Crippen LogP contribution in [0.15, 0.2) is 0 Å². The van der Waals surface area contributed by atoms with Gasteiger partial charge in [0, 0.05) is 6.42 Å². The number of unbranched alkanes of at least 4 members (excludes halogenated alkanes) is 61. The van der Waals surface area contributed by atoms with Crippen LogP contribution in [0.1, 0.15) is 431 Å². The maximum atomic E-state index is 13.1. The highest BCUT2D eigenvalue weighted by molar-refractivity contribution is 7.45. The lowest BCUT2D eigenvalue weighted by atomic mass is 10.0. The molecular formula is C76H155N2O6P. The zero-order valence-electron chi connectivity index (χ0n) is 58.6. The molecule has 0 radical (unpaired) electrons. The van der Waals surface area contributed by atoms with Gasteiger partial charge in [0.15, 0.2) is 0 Å². The summed E-state index contributed by atoms with van der Waals surface area (Å²) in [6.45, 7) is 4.81. The Morgan fingerprint density at radius 1 is 0.365 bits per heavy atom. The summed E-state index contributed by atoms with van der Waals surface area (Å²) in [6.07, 6.45) is 86.5. The fraction of sp³-hybridized carbons (Fsp3) is 0.987. The Balaban J connectivity index is 3.92. The van der Waals surface area contributed by atoms with Crippen LogP contribution in [0, 0.1) is 0 Å². The number of nitrogens with one attached hydrogen (secondary N) is 1. The van der Waals surface area contributed by atoms with Gasteiger partial charge in [-0.15, -0.1) is 0 Å². The van der Waals surface area contributed by atoms with E-state index in [4.69, 9.17) is 9.05 Å². The van der Waals surface area contributed by atoms with Crippen molar-refractivity contribution in [3.63, 3.8) is 0 Å². The lowest BCUT2D eigenvalue weighted by molar-refractivity contribution is -0.870. The van der Waals surface area contributed by atoms with Crippen LogP contribution in [0.5, 0.6) is 0 Å². The first-order chi connectivity index (χ1) is 41.5. The van der Waals surface area contributed by atoms with Crippen molar-refractivity contribution in [3.05, 3.63) is 0 Å². The molecule has 0 heterocycles. The van der Waals surface area contributed by atoms with Gasteiger partial charge in [-0.25, -0.2) is 0 Å². The van der Waals surface area contributed by atoms with Crippen molar-refractivity contribution in [2.45, 2.75) is 443 Å². The number of rotatable bonds is 74. The number of nitrogens with zero attached hydrogens (tertiary/aromatic N) is 1. The van der Waals surface area contributed by atoms with E-state index in [0.717, 1.165) is 38.5 Å². The molecule has 0 aromatic carbocycles. The van der Waals surface area contributed by atoms with Gasteiger partial charge in [0.1, 0.15) is 13.2 Å². The SMILES string of the molecule is CCCCCCCCCCCCCCCCCCCCCCCCCCCCCCCCCCC(O)C(COP(=O)([O-])OCC[N+](C)(C)C)NC(=O)CCCCCCCCCCCCCCCCCCCCCCCCCCCCCCCCC. The summed E-state index contributed by atoms with van der Waals surface area (Å²) in [6, 6.07) is -0.798. The van der Waals surface area contributed by atoms with Gasteiger partial charge < -0.3 is 28.8 Å². The second-order valence-corrected chi connectivity index (χ2v) is 29.8. The van der Waals surface area contributed by atoms with Crippen LogP contribution in [0.3, 0.4) is 0 Å². The Hall–Kier alpha value is -0.500. The number of quaternary nitrogens is 1. The Bertz CT molecular complexity index is 1350. The van der Waals surface area contributed by atoms with Gasteiger partial charge in [-0.2, -0.15) is 0 Å². The zero-order chi connectivity index (χ0) is 61.9. The normalized spacial score (nSPS) is 13.4. The van der Waals surface area contributed by atoms with E-state index >= 15 is 0 Å². The number of phosphoric acid groups is 1. The van der Waals surface area contributed by atoms with Crippen LogP contribution < -0.4 is 10.2 Å². The molecule has 0 saturated heterocycles. The molecule has 0 aromatic heterocycles. The van der Waals surface area contributed by atoms with Crippen LogP contribution in [-0.2, 0) is 18.4 Å². The van der Waals surface area contributed by atoms with Crippen LogP contribution in [0.25, 0.3) is 0 Å². The average molecular weight is 1220 g/mol. The Labute approximate surface area is 533 Å². The third-order valence-electron chi connectivity index (χ3n) is 18.6. The molecule has 9 heteroatoms. The highest BCUT2D eigenvalue weighted by Crippen LogP contribution is 2.38. The summed E-state index contributed by atoms with van der Waals surface area (Å²) < 4.78 is 23.6. The monoisotopic (exact) mass is 1220 g/mol. The molecule has 8 nitrogen and oxygen atoms in total. The minimum Gasteiger partial charge on any atom is -0.756 e. The van der Waals surface area contributed by atoms with Gasteiger partial charge >= 0.3 is 0 Å². The maximum absolute atomic E-state index is 13.1. The molecule has 0 saturated carbocycles. The number of aliphatic hydroxyl groups excluding tert-OH is 1. The van der Waals surface area contributed by atoms with Crippen molar-refractivity contribution in [1.29, 1.82) is 0 Å². The standard InChI is InChI=1S/C76H155N2O6P/c1-6-8-10-12-14-16-18-20-22-24-26-28-30-32-34-36-38-40-41-43-45-47-49-51-53-55-57-59-61-63-65-67-69-75(79)74(73-84-85(81,82)83-72-71-78(3,4)5)77-76(80)70-68-66-64-62-60-58-56-54-52-50-48-46-44-42-39-37-35-33-31-29-27-25-23-21-19-17-15-13-11-9-7-2/h74-75,79H,6-73H2,1-5H3,(H-,77,80,81,82). The summed E-state index contributed by atoms with van der Waals surface area (Å²) in [4.78, 5) is 25.7. The average Bonchev–Trinajstić information content (AvgIpc) is 3.49. The summed E-state index contributed by atoms with van der Waals surface area (Å²) in [5.41, 5.74) is 0. The highest BCUT2D eigenvalue weighted by atomic mass is 31.2. The second-order valence-electron chi connectivity index (χ2n) is 28.4. The topological polar surface area (TPSA) is 108 Å². The molecule has 510 valence electrons. The number of hydrogen-bond acceptors (Lipinski definition) is 6. The molecule has 0 rings (SSSR count). The molecule has 0 fully saturated rings. The van der Waals surface area contributed by atoms with Crippen LogP contribution in [-0.4, -0.2) is 68.5 Å². The van der Waals surface area contributed by atoms with Gasteiger partial charge in [-0.3, -0.25) is 9.36 Å². The van der Waals surface area contributed by atoms with E-state index in [1.165, 1.54) is 366 Å². The minimum atomic E-state index is -4.58. The van der Waals surface area contributed by atoms with Crippen molar-refractivity contribution in [3.8, 4) is 0 Å². The Morgan fingerprint density at radius 3 is 0.800 bits per heavy atom. The molecule has 1 amide bonds. The van der Waals surface area contributed by atoms with Crippen molar-refractivity contribution in [2.75, 3.05) is 40.9 Å². The molecule has 85 heavy (non-hydrogen) atoms. The quantitative estimate of drug-likeness (QED) is 0.0357. The minimum absolute atomic E-state index is 0.0171. The first-order valence-electron chi connectivity index (χ1n) is 38.9. The van der Waals surface area contributed by atoms with Crippen molar-refractivity contribution in [1.82, 2.24) is 5.32 Å². The molecular weight excluding hydrogens is 1070 g/mol. The summed E-state index contributed by atoms with van der Waals surface area (Å²) in [5.74, 6) is -0.152. The van der Waals surface area contributed by atoms with Gasteiger partial charge in [0.2, 0.25) is 5.91 Å². The first-order valence-corrected chi connectivity index (χ1v) is 40.3. The van der Waals surface area contributed by atoms with Crippen molar-refractivity contribution >= 4 is 13.7 Å². The fourth-order valence-electron chi connectivity index (χ4n) is 12.6. The molecule has 0 aliphatic carbocycles. The van der Waals surface area contributed by atoms with Gasteiger partial charge in [0.25, 0.3) is 7.82 Å². The molecule has 3 atom stereocenters. The Morgan fingerprint density at radius 2 is 0.576 bits per heavy atom. The number of carbonyl (C=O) groups is 1. The third-order valence-corrected chi connectivity index (χ3v) is 19.6. The van der Waals surface area contributed by atoms with E-state index in [1.807, 2.05) is 21.1 Å². The molecule has 2 N–H and O–H groups in total. The van der Waals surface area contributed by atoms with Crippen LogP contribution in [0.4, 0.5) is 0 Å². The van der Waals surface area contributed by atoms with E-state index in [-0.39, 0.29) is 19.1 Å². The molecule has 0 bridgehead atoms. The number of phosphoric ester groups is 1. The number of carbonyl (C=O) groups excluding carboxylic acids is 1. The van der Waals surface area contributed by atoms with Crippen LogP contribution >= 0.6 is 7.82 Å². The molecule has 0 aromatic rings. The number of aliphatic hydroxyl groups is 1. The third kappa shape index (κ3) is 70.8. The largest absolute Gasteiger partial charge is 0.756 e. The van der Waals surface area contributed by atoms with Gasteiger partial charge in [-0.1, -0.05) is 412 Å². The van der Waals surface area contributed by atoms with Gasteiger partial charge in [-0.05, 0) is 12.8 Å². The predicted octanol–water partition coefficient (Wildman–Crippen LogP) is 24.4.